The number of piperidine rings is 1. The molecule has 5 nitrogen and oxygen atoms in total. The summed E-state index contributed by atoms with van der Waals surface area (Å²) in [6, 6.07) is 4.15. The van der Waals surface area contributed by atoms with Crippen LogP contribution < -0.4 is 5.32 Å². The minimum absolute atomic E-state index is 0.249. The molecule has 0 aromatic carbocycles. The molecule has 0 spiro atoms. The first-order valence-corrected chi connectivity index (χ1v) is 9.27. The van der Waals surface area contributed by atoms with Gasteiger partial charge < -0.3 is 5.32 Å². The second-order valence-electron chi connectivity index (χ2n) is 5.00. The van der Waals surface area contributed by atoms with Gasteiger partial charge in [-0.15, -0.1) is 0 Å². The Morgan fingerprint density at radius 1 is 1.40 bits per heavy atom. The van der Waals surface area contributed by atoms with Crippen LogP contribution in [0.2, 0.25) is 0 Å². The predicted molar refractivity (Wildman–Crippen MR) is 84.2 cm³/mol. The zero-order valence-electron chi connectivity index (χ0n) is 11.5. The molecule has 1 aromatic heterocycles. The maximum absolute atomic E-state index is 12.0. The van der Waals surface area contributed by atoms with Gasteiger partial charge in [-0.25, -0.2) is 17.7 Å². The molecular formula is C13H20BrN3O2S. The molecule has 1 aliphatic heterocycles. The van der Waals surface area contributed by atoms with Crippen LogP contribution in [0, 0.1) is 0 Å². The quantitative estimate of drug-likeness (QED) is 0.874. The number of hydrogen-bond donors (Lipinski definition) is 1. The Labute approximate surface area is 129 Å². The summed E-state index contributed by atoms with van der Waals surface area (Å²) < 4.78 is 26.5. The molecule has 1 saturated heterocycles. The van der Waals surface area contributed by atoms with Crippen LogP contribution in [-0.4, -0.2) is 42.6 Å². The highest BCUT2D eigenvalue weighted by molar-refractivity contribution is 9.10. The molecule has 0 aliphatic carbocycles. The maximum Gasteiger partial charge on any atom is 0.214 e. The Balaban J connectivity index is 1.87. The van der Waals surface area contributed by atoms with Crippen LogP contribution in [0.3, 0.4) is 0 Å². The Bertz CT molecular complexity index is 525. The molecule has 0 atom stereocenters. The van der Waals surface area contributed by atoms with E-state index < -0.39 is 10.0 Å². The molecule has 1 aromatic rings. The van der Waals surface area contributed by atoms with Gasteiger partial charge in [0, 0.05) is 29.8 Å². The number of rotatable bonds is 5. The molecule has 1 aliphatic rings. The van der Waals surface area contributed by atoms with Crippen LogP contribution in [-0.2, 0) is 10.0 Å². The van der Waals surface area contributed by atoms with Gasteiger partial charge in [-0.1, -0.05) is 6.92 Å². The fourth-order valence-electron chi connectivity index (χ4n) is 2.34. The summed E-state index contributed by atoms with van der Waals surface area (Å²) in [5.41, 5.74) is 0. The fourth-order valence-corrected chi connectivity index (χ4v) is 4.11. The van der Waals surface area contributed by atoms with Crippen LogP contribution in [0.1, 0.15) is 26.2 Å². The third-order valence-corrected chi connectivity index (χ3v) is 5.93. The first-order valence-electron chi connectivity index (χ1n) is 6.87. The van der Waals surface area contributed by atoms with Crippen LogP contribution in [0.25, 0.3) is 0 Å². The van der Waals surface area contributed by atoms with Crippen LogP contribution in [0.5, 0.6) is 0 Å². The maximum atomic E-state index is 12.0. The molecule has 1 fully saturated rings. The third-order valence-electron chi connectivity index (χ3n) is 3.39. The largest absolute Gasteiger partial charge is 0.367 e. The summed E-state index contributed by atoms with van der Waals surface area (Å²) in [5, 5.41) is 3.36. The van der Waals surface area contributed by atoms with Gasteiger partial charge in [-0.3, -0.25) is 0 Å². The SMILES string of the molecule is CCCS(=O)(=O)N1CCC(Nc2ccc(Br)cn2)CC1. The van der Waals surface area contributed by atoms with Gasteiger partial charge in [0.15, 0.2) is 0 Å². The van der Waals surface area contributed by atoms with Crippen molar-refractivity contribution in [3.05, 3.63) is 22.8 Å². The lowest BCUT2D eigenvalue weighted by Gasteiger charge is -2.31. The highest BCUT2D eigenvalue weighted by atomic mass is 79.9. The number of hydrogen-bond acceptors (Lipinski definition) is 4. The van der Waals surface area contributed by atoms with E-state index in [4.69, 9.17) is 0 Å². The summed E-state index contributed by atoms with van der Waals surface area (Å²) in [7, 11) is -3.05. The molecule has 0 unspecified atom stereocenters. The van der Waals surface area contributed by atoms with Gasteiger partial charge in [0.2, 0.25) is 10.0 Å². The normalized spacial score (nSPS) is 18.1. The minimum atomic E-state index is -3.05. The number of anilines is 1. The Morgan fingerprint density at radius 3 is 2.65 bits per heavy atom. The predicted octanol–water partition coefficient (Wildman–Crippen LogP) is 2.46. The molecule has 112 valence electrons. The first kappa shape index (κ1) is 15.7. The average molecular weight is 362 g/mol. The Kier molecular flexibility index (Phi) is 5.40. The van der Waals surface area contributed by atoms with Crippen molar-refractivity contribution in [2.24, 2.45) is 0 Å². The van der Waals surface area contributed by atoms with E-state index in [9.17, 15) is 8.42 Å². The second-order valence-corrected chi connectivity index (χ2v) is 8.00. The van der Waals surface area contributed by atoms with Crippen molar-refractivity contribution in [1.82, 2.24) is 9.29 Å². The van der Waals surface area contributed by atoms with Gasteiger partial charge in [-0.05, 0) is 47.3 Å². The summed E-state index contributed by atoms with van der Waals surface area (Å²) in [5.74, 6) is 1.09. The van der Waals surface area contributed by atoms with Crippen molar-refractivity contribution < 1.29 is 8.42 Å². The number of nitrogens with zero attached hydrogens (tertiary/aromatic N) is 2. The van der Waals surface area contributed by atoms with E-state index in [0.29, 0.717) is 19.5 Å². The number of sulfonamides is 1. The molecule has 0 saturated carbocycles. The van der Waals surface area contributed by atoms with Gasteiger partial charge in [0.1, 0.15) is 5.82 Å². The number of pyridine rings is 1. The van der Waals surface area contributed by atoms with Crippen molar-refractivity contribution >= 4 is 31.8 Å². The number of aromatic nitrogens is 1. The van der Waals surface area contributed by atoms with E-state index in [1.807, 2.05) is 19.1 Å². The minimum Gasteiger partial charge on any atom is -0.367 e. The Hall–Kier alpha value is -0.660. The van der Waals surface area contributed by atoms with Gasteiger partial charge in [0.25, 0.3) is 0 Å². The standard InChI is InChI=1S/C13H20BrN3O2S/c1-2-9-20(18,19)17-7-5-12(6-8-17)16-13-4-3-11(14)10-15-13/h3-4,10,12H,2,5-9H2,1H3,(H,15,16). The molecule has 2 heterocycles. The van der Waals surface area contributed by atoms with Gasteiger partial charge >= 0.3 is 0 Å². The van der Waals surface area contributed by atoms with E-state index >= 15 is 0 Å². The summed E-state index contributed by atoms with van der Waals surface area (Å²) in [4.78, 5) is 4.28. The van der Waals surface area contributed by atoms with E-state index in [1.165, 1.54) is 0 Å². The second kappa shape index (κ2) is 6.87. The zero-order chi connectivity index (χ0) is 14.6. The fraction of sp³-hybridized carbons (Fsp3) is 0.615. The lowest BCUT2D eigenvalue weighted by molar-refractivity contribution is 0.329. The topological polar surface area (TPSA) is 62.3 Å². The molecule has 0 amide bonds. The van der Waals surface area contributed by atoms with Crippen LogP contribution in [0.15, 0.2) is 22.8 Å². The Morgan fingerprint density at radius 2 is 2.10 bits per heavy atom. The lowest BCUT2D eigenvalue weighted by Crippen LogP contribution is -2.43. The highest BCUT2D eigenvalue weighted by Crippen LogP contribution is 2.19. The molecule has 7 heteroatoms. The third kappa shape index (κ3) is 4.17. The van der Waals surface area contributed by atoms with E-state index in [2.05, 4.69) is 26.2 Å². The first-order chi connectivity index (χ1) is 9.51. The average Bonchev–Trinajstić information content (AvgIpc) is 2.42. The zero-order valence-corrected chi connectivity index (χ0v) is 14.0. The number of halogens is 1. The van der Waals surface area contributed by atoms with Crippen molar-refractivity contribution in [2.75, 3.05) is 24.2 Å². The van der Waals surface area contributed by atoms with Crippen molar-refractivity contribution in [3.8, 4) is 0 Å². The van der Waals surface area contributed by atoms with E-state index in [1.54, 1.807) is 10.5 Å². The van der Waals surface area contributed by atoms with Crippen molar-refractivity contribution in [3.63, 3.8) is 0 Å². The van der Waals surface area contributed by atoms with Crippen LogP contribution in [0.4, 0.5) is 5.82 Å². The lowest BCUT2D eigenvalue weighted by atomic mass is 10.1. The molecule has 0 radical (unpaired) electrons. The summed E-state index contributed by atoms with van der Waals surface area (Å²) >= 11 is 3.35. The smallest absolute Gasteiger partial charge is 0.214 e. The molecular weight excluding hydrogens is 342 g/mol. The highest BCUT2D eigenvalue weighted by Gasteiger charge is 2.27. The molecule has 0 bridgehead atoms. The number of nitrogens with one attached hydrogen (secondary N) is 1. The molecule has 20 heavy (non-hydrogen) atoms. The van der Waals surface area contributed by atoms with Gasteiger partial charge in [0.05, 0.1) is 5.75 Å². The molecule has 2 rings (SSSR count). The van der Waals surface area contributed by atoms with Crippen molar-refractivity contribution in [1.29, 1.82) is 0 Å². The van der Waals surface area contributed by atoms with Gasteiger partial charge in [-0.2, -0.15) is 0 Å². The van der Waals surface area contributed by atoms with Crippen molar-refractivity contribution in [2.45, 2.75) is 32.2 Å². The van der Waals surface area contributed by atoms with E-state index in [-0.39, 0.29) is 11.8 Å². The molecule has 1 N–H and O–H groups in total. The summed E-state index contributed by atoms with van der Waals surface area (Å²) in [6.07, 6.45) is 4.06. The van der Waals surface area contributed by atoms with Crippen LogP contribution >= 0.6 is 15.9 Å². The summed E-state index contributed by atoms with van der Waals surface area (Å²) in [6.45, 7) is 3.08. The monoisotopic (exact) mass is 361 g/mol. The van der Waals surface area contributed by atoms with E-state index in [0.717, 1.165) is 23.1 Å².